The van der Waals surface area contributed by atoms with Crippen LogP contribution in [0.4, 0.5) is 0 Å². The van der Waals surface area contributed by atoms with Crippen LogP contribution < -0.4 is 5.32 Å². The molecule has 0 spiro atoms. The van der Waals surface area contributed by atoms with Gasteiger partial charge in [-0.3, -0.25) is 4.68 Å². The van der Waals surface area contributed by atoms with E-state index in [2.05, 4.69) is 10.4 Å². The van der Waals surface area contributed by atoms with Crippen molar-refractivity contribution in [1.82, 2.24) is 15.1 Å². The van der Waals surface area contributed by atoms with Gasteiger partial charge in [0.15, 0.2) is 0 Å². The Morgan fingerprint density at radius 2 is 2.50 bits per heavy atom. The number of hydrogen-bond acceptors (Lipinski definition) is 4. The van der Waals surface area contributed by atoms with Crippen molar-refractivity contribution in [3.8, 4) is 0 Å². The molecule has 0 fully saturated rings. The molecule has 80 valence electrons. The van der Waals surface area contributed by atoms with Crippen LogP contribution in [0.5, 0.6) is 0 Å². The molecule has 0 aliphatic rings. The molecular formula is C9H17N3O2. The fraction of sp³-hybridized carbons (Fsp3) is 0.667. The number of aliphatic hydroxyl groups excluding tert-OH is 1. The molecule has 1 aromatic heterocycles. The highest BCUT2D eigenvalue weighted by Crippen LogP contribution is 2.09. The summed E-state index contributed by atoms with van der Waals surface area (Å²) < 4.78 is 6.63. The summed E-state index contributed by atoms with van der Waals surface area (Å²) in [5.74, 6) is 0. The SMILES string of the molecule is COCCNC(CO)c1cnn(C)c1. The molecule has 14 heavy (non-hydrogen) atoms. The Labute approximate surface area is 83.7 Å². The molecule has 5 heteroatoms. The molecule has 0 radical (unpaired) electrons. The Bertz CT molecular complexity index is 262. The molecule has 0 aliphatic heterocycles. The Morgan fingerprint density at radius 3 is 3.00 bits per heavy atom. The minimum Gasteiger partial charge on any atom is -0.394 e. The van der Waals surface area contributed by atoms with E-state index in [-0.39, 0.29) is 12.6 Å². The molecule has 0 aliphatic carbocycles. The minimum atomic E-state index is -0.0566. The van der Waals surface area contributed by atoms with E-state index < -0.39 is 0 Å². The number of rotatable bonds is 6. The molecule has 0 aromatic carbocycles. The number of methoxy groups -OCH3 is 1. The van der Waals surface area contributed by atoms with Crippen LogP contribution in [0.1, 0.15) is 11.6 Å². The van der Waals surface area contributed by atoms with Gasteiger partial charge in [-0.1, -0.05) is 0 Å². The molecule has 0 saturated heterocycles. The van der Waals surface area contributed by atoms with Gasteiger partial charge in [-0.05, 0) is 0 Å². The summed E-state index contributed by atoms with van der Waals surface area (Å²) in [5.41, 5.74) is 0.992. The molecule has 1 atom stereocenters. The summed E-state index contributed by atoms with van der Waals surface area (Å²) in [7, 11) is 3.51. The Morgan fingerprint density at radius 1 is 1.71 bits per heavy atom. The maximum absolute atomic E-state index is 9.15. The van der Waals surface area contributed by atoms with Crippen LogP contribution in [0.3, 0.4) is 0 Å². The Kier molecular flexibility index (Phi) is 4.58. The first kappa shape index (κ1) is 11.2. The topological polar surface area (TPSA) is 59.3 Å². The van der Waals surface area contributed by atoms with Crippen molar-refractivity contribution in [3.05, 3.63) is 18.0 Å². The van der Waals surface area contributed by atoms with Crippen LogP contribution in [0.25, 0.3) is 0 Å². The monoisotopic (exact) mass is 199 g/mol. The molecule has 1 unspecified atom stereocenters. The first-order chi connectivity index (χ1) is 6.77. The molecule has 2 N–H and O–H groups in total. The number of aromatic nitrogens is 2. The molecule has 0 saturated carbocycles. The third-order valence-corrected chi connectivity index (χ3v) is 2.01. The maximum Gasteiger partial charge on any atom is 0.0627 e. The standard InChI is InChI=1S/C9H17N3O2/c1-12-6-8(5-11-12)9(7-13)10-3-4-14-2/h5-6,9-10,13H,3-4,7H2,1-2H3. The fourth-order valence-electron chi connectivity index (χ4n) is 1.24. The van der Waals surface area contributed by atoms with Crippen molar-refractivity contribution in [1.29, 1.82) is 0 Å². The average molecular weight is 199 g/mol. The van der Waals surface area contributed by atoms with Gasteiger partial charge < -0.3 is 15.2 Å². The average Bonchev–Trinajstić information content (AvgIpc) is 2.60. The van der Waals surface area contributed by atoms with Crippen LogP contribution in [0, 0.1) is 0 Å². The van der Waals surface area contributed by atoms with Crippen LogP contribution in [0.15, 0.2) is 12.4 Å². The Balaban J connectivity index is 2.45. The predicted octanol–water partition coefficient (Wildman–Crippen LogP) is -0.310. The van der Waals surface area contributed by atoms with Crippen molar-refractivity contribution >= 4 is 0 Å². The number of hydrogen-bond donors (Lipinski definition) is 2. The van der Waals surface area contributed by atoms with Gasteiger partial charge in [-0.25, -0.2) is 0 Å². The second-order valence-electron chi connectivity index (χ2n) is 3.13. The van der Waals surface area contributed by atoms with Crippen LogP contribution in [0.2, 0.25) is 0 Å². The summed E-state index contributed by atoms with van der Waals surface area (Å²) in [4.78, 5) is 0. The highest BCUT2D eigenvalue weighted by atomic mass is 16.5. The van der Waals surface area contributed by atoms with Gasteiger partial charge in [0.1, 0.15) is 0 Å². The van der Waals surface area contributed by atoms with Gasteiger partial charge in [0.05, 0.1) is 25.5 Å². The van der Waals surface area contributed by atoms with Crippen LogP contribution in [-0.4, -0.2) is 41.8 Å². The Hall–Kier alpha value is -0.910. The van der Waals surface area contributed by atoms with E-state index in [9.17, 15) is 0 Å². The first-order valence-electron chi connectivity index (χ1n) is 4.59. The molecule has 0 amide bonds. The van der Waals surface area contributed by atoms with Gasteiger partial charge in [0.25, 0.3) is 0 Å². The van der Waals surface area contributed by atoms with Crippen molar-refractivity contribution in [3.63, 3.8) is 0 Å². The van der Waals surface area contributed by atoms with Crippen molar-refractivity contribution < 1.29 is 9.84 Å². The van der Waals surface area contributed by atoms with Crippen molar-refractivity contribution in [2.45, 2.75) is 6.04 Å². The maximum atomic E-state index is 9.15. The number of aryl methyl sites for hydroxylation is 1. The van der Waals surface area contributed by atoms with E-state index in [0.717, 1.165) is 12.1 Å². The summed E-state index contributed by atoms with van der Waals surface area (Å²) in [6, 6.07) is -0.0566. The molecule has 5 nitrogen and oxygen atoms in total. The zero-order valence-electron chi connectivity index (χ0n) is 8.60. The van der Waals surface area contributed by atoms with E-state index in [4.69, 9.17) is 9.84 Å². The zero-order chi connectivity index (χ0) is 10.4. The van der Waals surface area contributed by atoms with E-state index in [1.807, 2.05) is 13.2 Å². The van der Waals surface area contributed by atoms with Crippen LogP contribution >= 0.6 is 0 Å². The smallest absolute Gasteiger partial charge is 0.0627 e. The second kappa shape index (κ2) is 5.74. The van der Waals surface area contributed by atoms with Crippen molar-refractivity contribution in [2.24, 2.45) is 7.05 Å². The molecule has 1 heterocycles. The molecule has 1 rings (SSSR count). The minimum absolute atomic E-state index is 0.0566. The number of ether oxygens (including phenoxy) is 1. The number of aliphatic hydroxyl groups is 1. The van der Waals surface area contributed by atoms with Crippen LogP contribution in [-0.2, 0) is 11.8 Å². The van der Waals surface area contributed by atoms with Gasteiger partial charge in [0, 0.05) is 32.5 Å². The summed E-state index contributed by atoms with van der Waals surface area (Å²) >= 11 is 0. The normalized spacial score (nSPS) is 13.1. The lowest BCUT2D eigenvalue weighted by Crippen LogP contribution is -2.27. The van der Waals surface area contributed by atoms with E-state index >= 15 is 0 Å². The second-order valence-corrected chi connectivity index (χ2v) is 3.13. The number of nitrogens with zero attached hydrogens (tertiary/aromatic N) is 2. The molecule has 0 bridgehead atoms. The summed E-state index contributed by atoms with van der Waals surface area (Å²) in [5, 5.41) is 16.4. The van der Waals surface area contributed by atoms with Gasteiger partial charge in [-0.2, -0.15) is 5.10 Å². The molecular weight excluding hydrogens is 182 g/mol. The molecule has 1 aromatic rings. The lowest BCUT2D eigenvalue weighted by atomic mass is 10.2. The van der Waals surface area contributed by atoms with Gasteiger partial charge in [-0.15, -0.1) is 0 Å². The highest BCUT2D eigenvalue weighted by molar-refractivity contribution is 5.10. The largest absolute Gasteiger partial charge is 0.394 e. The van der Waals surface area contributed by atoms with Gasteiger partial charge in [0.2, 0.25) is 0 Å². The third kappa shape index (κ3) is 3.10. The van der Waals surface area contributed by atoms with Crippen molar-refractivity contribution in [2.75, 3.05) is 26.9 Å². The number of nitrogens with one attached hydrogen (secondary N) is 1. The lowest BCUT2D eigenvalue weighted by molar-refractivity contribution is 0.184. The zero-order valence-corrected chi connectivity index (χ0v) is 8.60. The summed E-state index contributed by atoms with van der Waals surface area (Å²) in [6.07, 6.45) is 3.64. The summed E-state index contributed by atoms with van der Waals surface area (Å²) in [6.45, 7) is 1.42. The third-order valence-electron chi connectivity index (χ3n) is 2.01. The van der Waals surface area contributed by atoms with E-state index in [0.29, 0.717) is 6.61 Å². The first-order valence-corrected chi connectivity index (χ1v) is 4.59. The lowest BCUT2D eigenvalue weighted by Gasteiger charge is -2.13. The quantitative estimate of drug-likeness (QED) is 0.617. The predicted molar refractivity (Wildman–Crippen MR) is 52.9 cm³/mol. The fourth-order valence-corrected chi connectivity index (χ4v) is 1.24. The highest BCUT2D eigenvalue weighted by Gasteiger charge is 2.10. The van der Waals surface area contributed by atoms with Gasteiger partial charge >= 0.3 is 0 Å². The van der Waals surface area contributed by atoms with E-state index in [1.165, 1.54) is 0 Å². The van der Waals surface area contributed by atoms with E-state index in [1.54, 1.807) is 18.0 Å².